The zero-order valence-electron chi connectivity index (χ0n) is 18.6. The molecule has 1 fully saturated rings. The molecular formula is C24H40ClN3O. The Kier molecular flexibility index (Phi) is 10.9. The standard InChI is InChI=1S/C24H40ClN3O/c1-4-20-12-16-28(17-13-20)24(29)6-5-14-26-23(18-19(2)3)11-15-27-22-9-7-21(25)8-10-22/h7-10,19-20,23,26-27H,4-6,11-18H2,1-3H3. The van der Waals surface area contributed by atoms with Crippen LogP contribution < -0.4 is 10.6 Å². The van der Waals surface area contributed by atoms with Gasteiger partial charge in [-0.1, -0.05) is 38.8 Å². The second-order valence-corrected chi connectivity index (χ2v) is 9.28. The van der Waals surface area contributed by atoms with Gasteiger partial charge in [0, 0.05) is 42.8 Å². The highest BCUT2D eigenvalue weighted by Gasteiger charge is 2.21. The second kappa shape index (κ2) is 13.1. The summed E-state index contributed by atoms with van der Waals surface area (Å²) in [4.78, 5) is 14.5. The maximum atomic E-state index is 12.4. The van der Waals surface area contributed by atoms with Crippen molar-refractivity contribution in [1.29, 1.82) is 0 Å². The summed E-state index contributed by atoms with van der Waals surface area (Å²) in [6, 6.07) is 8.33. The number of carbonyl (C=O) groups excluding carboxylic acids is 1. The minimum absolute atomic E-state index is 0.339. The molecule has 1 saturated heterocycles. The molecular weight excluding hydrogens is 382 g/mol. The fourth-order valence-corrected chi connectivity index (χ4v) is 4.25. The molecule has 5 heteroatoms. The topological polar surface area (TPSA) is 44.4 Å². The molecule has 2 N–H and O–H groups in total. The molecule has 0 bridgehead atoms. The lowest BCUT2D eigenvalue weighted by molar-refractivity contribution is -0.132. The van der Waals surface area contributed by atoms with Crippen molar-refractivity contribution in [2.24, 2.45) is 11.8 Å². The van der Waals surface area contributed by atoms with E-state index in [0.29, 0.717) is 24.3 Å². The third kappa shape index (κ3) is 9.39. The predicted molar refractivity (Wildman–Crippen MR) is 125 cm³/mol. The lowest BCUT2D eigenvalue weighted by Crippen LogP contribution is -2.39. The first kappa shape index (κ1) is 24.0. The van der Waals surface area contributed by atoms with Gasteiger partial charge in [-0.25, -0.2) is 0 Å². The van der Waals surface area contributed by atoms with Gasteiger partial charge in [0.2, 0.25) is 5.91 Å². The number of rotatable bonds is 12. The Balaban J connectivity index is 1.64. The number of halogens is 1. The number of benzene rings is 1. The number of nitrogens with zero attached hydrogens (tertiary/aromatic N) is 1. The highest BCUT2D eigenvalue weighted by molar-refractivity contribution is 6.30. The summed E-state index contributed by atoms with van der Waals surface area (Å²) in [7, 11) is 0. The van der Waals surface area contributed by atoms with E-state index in [4.69, 9.17) is 11.6 Å². The third-order valence-electron chi connectivity index (χ3n) is 5.97. The fourth-order valence-electron chi connectivity index (χ4n) is 4.13. The van der Waals surface area contributed by atoms with E-state index >= 15 is 0 Å². The van der Waals surface area contributed by atoms with E-state index in [1.54, 1.807) is 0 Å². The Labute approximate surface area is 182 Å². The summed E-state index contributed by atoms with van der Waals surface area (Å²) < 4.78 is 0. The minimum Gasteiger partial charge on any atom is -0.385 e. The summed E-state index contributed by atoms with van der Waals surface area (Å²) in [6.45, 7) is 10.5. The van der Waals surface area contributed by atoms with Gasteiger partial charge in [-0.05, 0) is 74.8 Å². The Morgan fingerprint density at radius 1 is 1.17 bits per heavy atom. The molecule has 1 aliphatic rings. The Hall–Kier alpha value is -1.26. The van der Waals surface area contributed by atoms with Crippen molar-refractivity contribution in [2.75, 3.05) is 31.5 Å². The predicted octanol–water partition coefficient (Wildman–Crippen LogP) is 5.58. The number of nitrogens with one attached hydrogen (secondary N) is 2. The Bertz CT molecular complexity index is 582. The smallest absolute Gasteiger partial charge is 0.222 e. The lowest BCUT2D eigenvalue weighted by atomic mass is 9.94. The monoisotopic (exact) mass is 421 g/mol. The molecule has 29 heavy (non-hydrogen) atoms. The van der Waals surface area contributed by atoms with Crippen molar-refractivity contribution in [2.45, 2.75) is 71.8 Å². The highest BCUT2D eigenvalue weighted by Crippen LogP contribution is 2.20. The first-order valence-electron chi connectivity index (χ1n) is 11.5. The molecule has 1 unspecified atom stereocenters. The van der Waals surface area contributed by atoms with Gasteiger partial charge < -0.3 is 15.5 Å². The van der Waals surface area contributed by atoms with Crippen molar-refractivity contribution in [3.8, 4) is 0 Å². The molecule has 164 valence electrons. The van der Waals surface area contributed by atoms with Crippen LogP contribution in [0.15, 0.2) is 24.3 Å². The average molecular weight is 422 g/mol. The number of carbonyl (C=O) groups is 1. The molecule has 1 aliphatic heterocycles. The van der Waals surface area contributed by atoms with Crippen LogP contribution in [0.2, 0.25) is 5.02 Å². The first-order chi connectivity index (χ1) is 14.0. The van der Waals surface area contributed by atoms with Crippen LogP contribution in [0.5, 0.6) is 0 Å². The third-order valence-corrected chi connectivity index (χ3v) is 6.22. The maximum Gasteiger partial charge on any atom is 0.222 e. The van der Waals surface area contributed by atoms with Crippen molar-refractivity contribution < 1.29 is 4.79 Å². The van der Waals surface area contributed by atoms with Crippen molar-refractivity contribution in [3.05, 3.63) is 29.3 Å². The van der Waals surface area contributed by atoms with Crippen LogP contribution in [0, 0.1) is 11.8 Å². The van der Waals surface area contributed by atoms with E-state index in [9.17, 15) is 4.79 Å². The molecule has 0 radical (unpaired) electrons. The molecule has 0 saturated carbocycles. The van der Waals surface area contributed by atoms with Crippen LogP contribution >= 0.6 is 11.6 Å². The molecule has 2 rings (SSSR count). The first-order valence-corrected chi connectivity index (χ1v) is 11.9. The van der Waals surface area contributed by atoms with Crippen molar-refractivity contribution in [1.82, 2.24) is 10.2 Å². The quantitative estimate of drug-likeness (QED) is 0.433. The Morgan fingerprint density at radius 3 is 2.48 bits per heavy atom. The molecule has 0 aliphatic carbocycles. The number of anilines is 1. The van der Waals surface area contributed by atoms with Gasteiger partial charge >= 0.3 is 0 Å². The second-order valence-electron chi connectivity index (χ2n) is 8.84. The van der Waals surface area contributed by atoms with Gasteiger partial charge in [0.1, 0.15) is 0 Å². The van der Waals surface area contributed by atoms with Crippen LogP contribution in [-0.4, -0.2) is 43.0 Å². The van der Waals surface area contributed by atoms with Gasteiger partial charge in [0.05, 0.1) is 0 Å². The highest BCUT2D eigenvalue weighted by atomic mass is 35.5. The molecule has 1 aromatic carbocycles. The number of hydrogen-bond donors (Lipinski definition) is 2. The molecule has 4 nitrogen and oxygen atoms in total. The van der Waals surface area contributed by atoms with Crippen LogP contribution in [0.4, 0.5) is 5.69 Å². The molecule has 1 amide bonds. The normalized spacial score (nSPS) is 16.2. The Morgan fingerprint density at radius 2 is 1.86 bits per heavy atom. The van der Waals surface area contributed by atoms with E-state index in [1.165, 1.54) is 19.3 Å². The van der Waals surface area contributed by atoms with Gasteiger partial charge in [-0.3, -0.25) is 4.79 Å². The fraction of sp³-hybridized carbons (Fsp3) is 0.708. The average Bonchev–Trinajstić information content (AvgIpc) is 2.72. The van der Waals surface area contributed by atoms with E-state index in [2.05, 4.69) is 36.3 Å². The summed E-state index contributed by atoms with van der Waals surface area (Å²) in [6.07, 6.45) is 7.41. The van der Waals surface area contributed by atoms with E-state index in [1.807, 2.05) is 24.3 Å². The van der Waals surface area contributed by atoms with Gasteiger partial charge in [-0.2, -0.15) is 0 Å². The van der Waals surface area contributed by atoms with Gasteiger partial charge in [-0.15, -0.1) is 0 Å². The lowest BCUT2D eigenvalue weighted by Gasteiger charge is -2.31. The molecule has 0 aromatic heterocycles. The largest absolute Gasteiger partial charge is 0.385 e. The number of hydrogen-bond acceptors (Lipinski definition) is 3. The van der Waals surface area contributed by atoms with Crippen LogP contribution in [0.25, 0.3) is 0 Å². The van der Waals surface area contributed by atoms with Gasteiger partial charge in [0.15, 0.2) is 0 Å². The SMILES string of the molecule is CCC1CCN(C(=O)CCCNC(CCNc2ccc(Cl)cc2)CC(C)C)CC1. The van der Waals surface area contributed by atoms with E-state index < -0.39 is 0 Å². The van der Waals surface area contributed by atoms with Crippen LogP contribution in [0.1, 0.15) is 65.7 Å². The number of likely N-dealkylation sites (tertiary alicyclic amines) is 1. The minimum atomic E-state index is 0.339. The summed E-state index contributed by atoms with van der Waals surface area (Å²) >= 11 is 5.94. The van der Waals surface area contributed by atoms with Crippen LogP contribution in [-0.2, 0) is 4.79 Å². The van der Waals surface area contributed by atoms with Crippen molar-refractivity contribution in [3.63, 3.8) is 0 Å². The molecule has 1 aromatic rings. The molecule has 1 heterocycles. The van der Waals surface area contributed by atoms with Crippen molar-refractivity contribution >= 4 is 23.2 Å². The molecule has 0 spiro atoms. The van der Waals surface area contributed by atoms with Crippen LogP contribution in [0.3, 0.4) is 0 Å². The van der Waals surface area contributed by atoms with Gasteiger partial charge in [0.25, 0.3) is 0 Å². The zero-order chi connectivity index (χ0) is 21.1. The number of piperidine rings is 1. The summed E-state index contributed by atoms with van der Waals surface area (Å²) in [5.41, 5.74) is 1.11. The van der Waals surface area contributed by atoms with E-state index in [0.717, 1.165) is 62.1 Å². The summed E-state index contributed by atoms with van der Waals surface area (Å²) in [5, 5.41) is 7.93. The zero-order valence-corrected chi connectivity index (χ0v) is 19.3. The molecule has 1 atom stereocenters. The maximum absolute atomic E-state index is 12.4. The number of amides is 1. The summed E-state index contributed by atoms with van der Waals surface area (Å²) in [5.74, 6) is 1.81. The van der Waals surface area contributed by atoms with E-state index in [-0.39, 0.29) is 0 Å².